The third-order valence-corrected chi connectivity index (χ3v) is 4.24. The summed E-state index contributed by atoms with van der Waals surface area (Å²) in [6.07, 6.45) is 0. The van der Waals surface area contributed by atoms with E-state index in [-0.39, 0.29) is 34.2 Å². The molecule has 146 valence electrons. The topological polar surface area (TPSA) is 145 Å². The van der Waals surface area contributed by atoms with Crippen molar-refractivity contribution in [2.75, 3.05) is 12.4 Å². The summed E-state index contributed by atoms with van der Waals surface area (Å²) in [5.41, 5.74) is 2.28. The minimum absolute atomic E-state index is 0.117. The molecular formula is C19H17N7O3. The number of phenolic OH excluding ortho intramolecular Hbond substituents is 1. The molecule has 0 radical (unpaired) electrons. The van der Waals surface area contributed by atoms with Crippen LogP contribution in [-0.2, 0) is 6.54 Å². The van der Waals surface area contributed by atoms with Crippen LogP contribution in [0.2, 0.25) is 0 Å². The third kappa shape index (κ3) is 3.50. The average Bonchev–Trinajstić information content (AvgIpc) is 3.22. The number of hydrazone groups is 1. The molecule has 0 amide bonds. The Bertz CT molecular complexity index is 1180. The summed E-state index contributed by atoms with van der Waals surface area (Å²) in [5, 5.41) is 25.1. The van der Waals surface area contributed by atoms with Crippen molar-refractivity contribution in [3.8, 4) is 11.5 Å². The fourth-order valence-corrected chi connectivity index (χ4v) is 2.84. The Hall–Kier alpha value is -4.21. The van der Waals surface area contributed by atoms with Gasteiger partial charge in [-0.3, -0.25) is 0 Å². The van der Waals surface area contributed by atoms with E-state index in [0.717, 1.165) is 5.56 Å². The number of aromatic nitrogens is 4. The molecule has 0 spiro atoms. The minimum atomic E-state index is -0.117. The fraction of sp³-hybridized carbons (Fsp3) is 0.105. The molecule has 0 fully saturated rings. The maximum atomic E-state index is 10.5. The quantitative estimate of drug-likeness (QED) is 0.255. The first-order valence-electron chi connectivity index (χ1n) is 8.64. The number of benzene rings is 2. The van der Waals surface area contributed by atoms with Crippen LogP contribution in [0.1, 0.15) is 16.8 Å². The summed E-state index contributed by atoms with van der Waals surface area (Å²) in [6.45, 7) is 0.473. The monoisotopic (exact) mass is 391 g/mol. The molecule has 0 saturated carbocycles. The highest BCUT2D eigenvalue weighted by Crippen LogP contribution is 2.32. The highest BCUT2D eigenvalue weighted by Gasteiger charge is 2.22. The summed E-state index contributed by atoms with van der Waals surface area (Å²) in [5.74, 6) is 6.20. The summed E-state index contributed by atoms with van der Waals surface area (Å²) in [7, 11) is 1.46. The van der Waals surface area contributed by atoms with Crippen LogP contribution in [0.15, 0.2) is 58.3 Å². The average molecular weight is 391 g/mol. The molecule has 0 aliphatic rings. The molecule has 4 N–H and O–H groups in total. The van der Waals surface area contributed by atoms with Crippen molar-refractivity contribution >= 4 is 22.8 Å². The van der Waals surface area contributed by atoms with Crippen molar-refractivity contribution in [2.24, 2.45) is 10.9 Å². The summed E-state index contributed by atoms with van der Waals surface area (Å²) < 4.78 is 9.90. The number of rotatable bonds is 6. The van der Waals surface area contributed by atoms with E-state index in [1.165, 1.54) is 7.11 Å². The Morgan fingerprint density at radius 2 is 1.86 bits per heavy atom. The molecule has 0 aliphatic heterocycles. The molecule has 0 bridgehead atoms. The van der Waals surface area contributed by atoms with E-state index in [0.29, 0.717) is 17.9 Å². The highest BCUT2D eigenvalue weighted by molar-refractivity contribution is 6.16. The molecule has 10 nitrogen and oxygen atoms in total. The Kier molecular flexibility index (Phi) is 4.89. The predicted octanol–water partition coefficient (Wildman–Crippen LogP) is 2.05. The lowest BCUT2D eigenvalue weighted by atomic mass is 10.0. The van der Waals surface area contributed by atoms with Crippen LogP contribution in [0.5, 0.6) is 11.5 Å². The van der Waals surface area contributed by atoms with Crippen LogP contribution in [0.25, 0.3) is 11.3 Å². The molecular weight excluding hydrogens is 374 g/mol. The third-order valence-electron chi connectivity index (χ3n) is 4.24. The zero-order chi connectivity index (χ0) is 20.2. The molecule has 0 unspecified atom stereocenters. The van der Waals surface area contributed by atoms with Crippen molar-refractivity contribution in [1.29, 1.82) is 0 Å². The van der Waals surface area contributed by atoms with Crippen LogP contribution >= 0.6 is 0 Å². The van der Waals surface area contributed by atoms with Gasteiger partial charge in [-0.25, -0.2) is 14.6 Å². The zero-order valence-electron chi connectivity index (χ0n) is 15.4. The summed E-state index contributed by atoms with van der Waals surface area (Å²) in [4.78, 5) is 8.86. The number of fused-ring (bicyclic) bond motifs is 1. The van der Waals surface area contributed by atoms with E-state index in [1.54, 1.807) is 18.2 Å². The van der Waals surface area contributed by atoms with Crippen LogP contribution in [0.3, 0.4) is 0 Å². The molecule has 10 heteroatoms. The zero-order valence-corrected chi connectivity index (χ0v) is 15.4. The van der Waals surface area contributed by atoms with Gasteiger partial charge in [0.05, 0.1) is 12.7 Å². The normalized spacial score (nSPS) is 11.6. The Morgan fingerprint density at radius 1 is 1.10 bits per heavy atom. The molecule has 2 aromatic carbocycles. The lowest BCUT2D eigenvalue weighted by Gasteiger charge is -2.13. The predicted molar refractivity (Wildman–Crippen MR) is 106 cm³/mol. The van der Waals surface area contributed by atoms with Crippen molar-refractivity contribution < 1.29 is 14.5 Å². The van der Waals surface area contributed by atoms with Crippen LogP contribution in [0.4, 0.5) is 5.82 Å². The lowest BCUT2D eigenvalue weighted by molar-refractivity contribution is 0.314. The Labute approximate surface area is 165 Å². The molecule has 4 rings (SSSR count). The van der Waals surface area contributed by atoms with E-state index in [1.807, 2.05) is 30.3 Å². The number of nitrogens with two attached hydrogens (primary N) is 1. The smallest absolute Gasteiger partial charge is 0.245 e. The number of nitrogens with zero attached hydrogens (tertiary/aromatic N) is 5. The van der Waals surface area contributed by atoms with Crippen LogP contribution in [-0.4, -0.2) is 38.2 Å². The molecule has 4 aromatic rings. The first-order valence-corrected chi connectivity index (χ1v) is 8.64. The van der Waals surface area contributed by atoms with Crippen molar-refractivity contribution in [1.82, 2.24) is 20.3 Å². The summed E-state index contributed by atoms with van der Waals surface area (Å²) >= 11 is 0. The maximum absolute atomic E-state index is 10.5. The van der Waals surface area contributed by atoms with Gasteiger partial charge in [0.2, 0.25) is 11.3 Å². The number of hydrogen-bond donors (Lipinski definition) is 3. The largest absolute Gasteiger partial charge is 0.504 e. The van der Waals surface area contributed by atoms with Crippen LogP contribution in [0, 0.1) is 0 Å². The van der Waals surface area contributed by atoms with E-state index >= 15 is 0 Å². The van der Waals surface area contributed by atoms with Crippen molar-refractivity contribution in [3.05, 3.63) is 65.4 Å². The lowest BCUT2D eigenvalue weighted by Crippen LogP contribution is -2.15. The number of anilines is 1. The van der Waals surface area contributed by atoms with Gasteiger partial charge < -0.3 is 21.0 Å². The highest BCUT2D eigenvalue weighted by atomic mass is 16.6. The van der Waals surface area contributed by atoms with Gasteiger partial charge in [-0.05, 0) is 28.0 Å². The van der Waals surface area contributed by atoms with E-state index in [4.69, 9.17) is 15.2 Å². The SMILES string of the molecule is COc1cccc(C(=NN)c2nc3nonc3nc2NCc2ccccc2)c1O. The van der Waals surface area contributed by atoms with Crippen LogP contribution < -0.4 is 15.9 Å². The summed E-state index contributed by atoms with van der Waals surface area (Å²) in [6, 6.07) is 14.7. The fourth-order valence-electron chi connectivity index (χ4n) is 2.84. The second-order valence-electron chi connectivity index (χ2n) is 6.01. The number of hydrogen-bond acceptors (Lipinski definition) is 10. The number of ether oxygens (including phenoxy) is 1. The van der Waals surface area contributed by atoms with Crippen molar-refractivity contribution in [3.63, 3.8) is 0 Å². The van der Waals surface area contributed by atoms with Gasteiger partial charge >= 0.3 is 0 Å². The second kappa shape index (κ2) is 7.80. The van der Waals surface area contributed by atoms with Gasteiger partial charge in [0, 0.05) is 6.54 Å². The van der Waals surface area contributed by atoms with Gasteiger partial charge in [-0.1, -0.05) is 36.4 Å². The van der Waals surface area contributed by atoms with E-state index in [9.17, 15) is 5.11 Å². The van der Waals surface area contributed by atoms with Gasteiger partial charge in [-0.15, -0.1) is 0 Å². The molecule has 0 saturated heterocycles. The minimum Gasteiger partial charge on any atom is -0.504 e. The first-order chi connectivity index (χ1) is 14.2. The van der Waals surface area contributed by atoms with Gasteiger partial charge in [0.1, 0.15) is 11.4 Å². The van der Waals surface area contributed by atoms with Gasteiger partial charge in [0.15, 0.2) is 17.3 Å². The first kappa shape index (κ1) is 18.2. The molecule has 0 aliphatic carbocycles. The number of methoxy groups -OCH3 is 1. The van der Waals surface area contributed by atoms with Gasteiger partial charge in [0.25, 0.3) is 0 Å². The number of para-hydroxylation sites is 1. The second-order valence-corrected chi connectivity index (χ2v) is 6.01. The molecule has 2 heterocycles. The van der Waals surface area contributed by atoms with E-state index in [2.05, 4.69) is 30.7 Å². The van der Waals surface area contributed by atoms with Gasteiger partial charge in [-0.2, -0.15) is 5.10 Å². The number of nitrogens with one attached hydrogen (secondary N) is 1. The Morgan fingerprint density at radius 3 is 2.59 bits per heavy atom. The molecule has 0 atom stereocenters. The van der Waals surface area contributed by atoms with E-state index < -0.39 is 0 Å². The standard InChI is InChI=1S/C19H17N7O3/c1-28-13-9-5-8-12(16(13)27)14(24-20)15-17(21-10-11-6-3-2-4-7-11)23-19-18(22-15)25-29-26-19/h2-9,27H,10,20H2,1H3,(H,21,23,26). The maximum Gasteiger partial charge on any atom is 0.245 e. The molecule has 2 aromatic heterocycles. The number of aromatic hydroxyl groups is 1. The van der Waals surface area contributed by atoms with Crippen molar-refractivity contribution in [2.45, 2.75) is 6.54 Å². The number of phenols is 1. The Balaban J connectivity index is 1.80. The molecule has 29 heavy (non-hydrogen) atoms.